The van der Waals surface area contributed by atoms with Gasteiger partial charge in [-0.25, -0.2) is 0 Å². The van der Waals surface area contributed by atoms with Gasteiger partial charge >= 0.3 is 0 Å². The van der Waals surface area contributed by atoms with Crippen molar-refractivity contribution in [1.29, 1.82) is 0 Å². The number of hydrogen-bond donors (Lipinski definition) is 1. The maximum Gasteiger partial charge on any atom is 0.0704 e. The first kappa shape index (κ1) is 12.9. The smallest absolute Gasteiger partial charge is 0.0704 e. The molecular weight excluding hydrogens is 190 g/mol. The van der Waals surface area contributed by atoms with Gasteiger partial charge in [0.1, 0.15) is 0 Å². The first-order valence-corrected chi connectivity index (χ1v) is 6.29. The molecule has 0 amide bonds. The molecule has 2 unspecified atom stereocenters. The molecule has 90 valence electrons. The Morgan fingerprint density at radius 3 is 2.80 bits per heavy atom. The van der Waals surface area contributed by atoms with Crippen LogP contribution in [-0.4, -0.2) is 38.5 Å². The SMILES string of the molecule is CCNC1CCCC(OCCOCC)C1. The number of rotatable bonds is 7. The van der Waals surface area contributed by atoms with E-state index in [0.717, 1.165) is 26.4 Å². The predicted octanol–water partition coefficient (Wildman–Crippen LogP) is 1.96. The van der Waals surface area contributed by atoms with Crippen molar-refractivity contribution in [2.24, 2.45) is 0 Å². The Hall–Kier alpha value is -0.120. The van der Waals surface area contributed by atoms with Crippen molar-refractivity contribution in [3.05, 3.63) is 0 Å². The second kappa shape index (κ2) is 8.08. The Bertz CT molecular complexity index is 151. The van der Waals surface area contributed by atoms with E-state index in [1.165, 1.54) is 25.7 Å². The molecular formula is C12H25NO2. The lowest BCUT2D eigenvalue weighted by molar-refractivity contribution is -0.0133. The summed E-state index contributed by atoms with van der Waals surface area (Å²) in [7, 11) is 0. The fourth-order valence-electron chi connectivity index (χ4n) is 2.19. The molecule has 3 nitrogen and oxygen atoms in total. The Kier molecular flexibility index (Phi) is 6.98. The van der Waals surface area contributed by atoms with E-state index in [4.69, 9.17) is 9.47 Å². The molecule has 0 heterocycles. The average molecular weight is 215 g/mol. The maximum absolute atomic E-state index is 5.80. The number of hydrogen-bond acceptors (Lipinski definition) is 3. The van der Waals surface area contributed by atoms with Crippen LogP contribution in [0.4, 0.5) is 0 Å². The highest BCUT2D eigenvalue weighted by Gasteiger charge is 2.21. The molecule has 3 heteroatoms. The zero-order chi connectivity index (χ0) is 10.9. The van der Waals surface area contributed by atoms with Crippen LogP contribution in [0.3, 0.4) is 0 Å². The maximum atomic E-state index is 5.80. The zero-order valence-electron chi connectivity index (χ0n) is 10.1. The zero-order valence-corrected chi connectivity index (χ0v) is 10.1. The van der Waals surface area contributed by atoms with Gasteiger partial charge < -0.3 is 14.8 Å². The molecule has 1 aliphatic carbocycles. The second-order valence-corrected chi connectivity index (χ2v) is 4.11. The highest BCUT2D eigenvalue weighted by atomic mass is 16.5. The topological polar surface area (TPSA) is 30.5 Å². The molecule has 1 rings (SSSR count). The third-order valence-corrected chi connectivity index (χ3v) is 2.90. The molecule has 0 aliphatic heterocycles. The van der Waals surface area contributed by atoms with Crippen LogP contribution >= 0.6 is 0 Å². The van der Waals surface area contributed by atoms with Crippen molar-refractivity contribution in [3.63, 3.8) is 0 Å². The summed E-state index contributed by atoms with van der Waals surface area (Å²) in [6, 6.07) is 0.667. The second-order valence-electron chi connectivity index (χ2n) is 4.11. The third kappa shape index (κ3) is 5.50. The minimum absolute atomic E-state index is 0.447. The molecule has 0 radical (unpaired) electrons. The van der Waals surface area contributed by atoms with Crippen LogP contribution in [0.2, 0.25) is 0 Å². The van der Waals surface area contributed by atoms with Gasteiger partial charge in [0, 0.05) is 12.6 Å². The van der Waals surface area contributed by atoms with Crippen LogP contribution in [0.25, 0.3) is 0 Å². The summed E-state index contributed by atoms with van der Waals surface area (Å²) in [5, 5.41) is 3.50. The minimum atomic E-state index is 0.447. The Morgan fingerprint density at radius 2 is 2.07 bits per heavy atom. The van der Waals surface area contributed by atoms with Crippen LogP contribution in [0.1, 0.15) is 39.5 Å². The van der Waals surface area contributed by atoms with Gasteiger partial charge in [0.15, 0.2) is 0 Å². The molecule has 0 aromatic carbocycles. The molecule has 1 N–H and O–H groups in total. The first-order valence-electron chi connectivity index (χ1n) is 6.29. The molecule has 1 fully saturated rings. The van der Waals surface area contributed by atoms with Crippen molar-refractivity contribution >= 4 is 0 Å². The minimum Gasteiger partial charge on any atom is -0.379 e. The molecule has 0 aromatic heterocycles. The van der Waals surface area contributed by atoms with E-state index in [1.807, 2.05) is 6.92 Å². The Balaban J connectivity index is 2.07. The normalized spacial score (nSPS) is 26.8. The summed E-state index contributed by atoms with van der Waals surface area (Å²) in [5.74, 6) is 0. The van der Waals surface area contributed by atoms with Gasteiger partial charge in [-0.2, -0.15) is 0 Å². The van der Waals surface area contributed by atoms with Crippen LogP contribution < -0.4 is 5.32 Å². The van der Waals surface area contributed by atoms with Crippen molar-refractivity contribution < 1.29 is 9.47 Å². The van der Waals surface area contributed by atoms with Crippen molar-refractivity contribution in [2.75, 3.05) is 26.4 Å². The molecule has 1 saturated carbocycles. The quantitative estimate of drug-likeness (QED) is 0.659. The molecule has 0 spiro atoms. The molecule has 0 bridgehead atoms. The van der Waals surface area contributed by atoms with E-state index in [2.05, 4.69) is 12.2 Å². The van der Waals surface area contributed by atoms with Crippen LogP contribution in [0, 0.1) is 0 Å². The molecule has 1 aliphatic rings. The van der Waals surface area contributed by atoms with E-state index in [9.17, 15) is 0 Å². The lowest BCUT2D eigenvalue weighted by atomic mass is 9.93. The van der Waals surface area contributed by atoms with Crippen LogP contribution in [0.15, 0.2) is 0 Å². The number of ether oxygens (including phenoxy) is 2. The average Bonchev–Trinajstić information content (AvgIpc) is 2.26. The summed E-state index contributed by atoms with van der Waals surface area (Å²) in [6.45, 7) is 7.52. The lowest BCUT2D eigenvalue weighted by Crippen LogP contribution is -2.37. The van der Waals surface area contributed by atoms with Gasteiger partial charge in [0.25, 0.3) is 0 Å². The van der Waals surface area contributed by atoms with Crippen LogP contribution in [-0.2, 0) is 9.47 Å². The summed E-state index contributed by atoms with van der Waals surface area (Å²) in [4.78, 5) is 0. The Morgan fingerprint density at radius 1 is 1.20 bits per heavy atom. The molecule has 0 aromatic rings. The van der Waals surface area contributed by atoms with E-state index >= 15 is 0 Å². The Labute approximate surface area is 93.5 Å². The van der Waals surface area contributed by atoms with Gasteiger partial charge in [0.05, 0.1) is 19.3 Å². The fraction of sp³-hybridized carbons (Fsp3) is 1.00. The summed E-state index contributed by atoms with van der Waals surface area (Å²) in [5.41, 5.74) is 0. The van der Waals surface area contributed by atoms with E-state index < -0.39 is 0 Å². The number of nitrogens with one attached hydrogen (secondary N) is 1. The molecule has 0 saturated heterocycles. The fourth-order valence-corrected chi connectivity index (χ4v) is 2.19. The highest BCUT2D eigenvalue weighted by Crippen LogP contribution is 2.20. The molecule has 15 heavy (non-hydrogen) atoms. The van der Waals surface area contributed by atoms with E-state index in [1.54, 1.807) is 0 Å². The van der Waals surface area contributed by atoms with Gasteiger partial charge in [0.2, 0.25) is 0 Å². The first-order chi connectivity index (χ1) is 7.36. The summed E-state index contributed by atoms with van der Waals surface area (Å²) >= 11 is 0. The van der Waals surface area contributed by atoms with Crippen molar-refractivity contribution in [1.82, 2.24) is 5.32 Å². The van der Waals surface area contributed by atoms with Gasteiger partial charge in [-0.1, -0.05) is 6.92 Å². The van der Waals surface area contributed by atoms with Crippen molar-refractivity contribution in [2.45, 2.75) is 51.7 Å². The highest BCUT2D eigenvalue weighted by molar-refractivity contribution is 4.77. The third-order valence-electron chi connectivity index (χ3n) is 2.90. The largest absolute Gasteiger partial charge is 0.379 e. The summed E-state index contributed by atoms with van der Waals surface area (Å²) < 4.78 is 11.1. The van der Waals surface area contributed by atoms with Gasteiger partial charge in [-0.05, 0) is 39.2 Å². The standard InChI is InChI=1S/C12H25NO2/c1-3-13-11-6-5-7-12(10-11)15-9-8-14-4-2/h11-13H,3-10H2,1-2H3. The van der Waals surface area contributed by atoms with Crippen molar-refractivity contribution in [3.8, 4) is 0 Å². The van der Waals surface area contributed by atoms with Gasteiger partial charge in [-0.3, -0.25) is 0 Å². The van der Waals surface area contributed by atoms with E-state index in [-0.39, 0.29) is 0 Å². The predicted molar refractivity (Wildman–Crippen MR) is 62.2 cm³/mol. The van der Waals surface area contributed by atoms with Crippen LogP contribution in [0.5, 0.6) is 0 Å². The van der Waals surface area contributed by atoms with Gasteiger partial charge in [-0.15, -0.1) is 0 Å². The lowest BCUT2D eigenvalue weighted by Gasteiger charge is -2.29. The molecule has 2 atom stereocenters. The van der Waals surface area contributed by atoms with E-state index in [0.29, 0.717) is 12.1 Å². The monoisotopic (exact) mass is 215 g/mol. The summed E-state index contributed by atoms with van der Waals surface area (Å²) in [6.07, 6.45) is 5.42.